The van der Waals surface area contributed by atoms with E-state index in [-0.39, 0.29) is 5.91 Å². The number of amides is 1. The smallest absolute Gasteiger partial charge is 0.258 e. The predicted octanol–water partition coefficient (Wildman–Crippen LogP) is 4.75. The number of hydrogen-bond donors (Lipinski definition) is 1. The monoisotopic (exact) mass is 379 g/mol. The number of halogens is 1. The maximum atomic E-state index is 13.1. The topological polar surface area (TPSA) is 45.2 Å². The number of anilines is 3. The second-order valence-corrected chi connectivity index (χ2v) is 6.47. The normalized spacial score (nSPS) is 12.6. The third-order valence-electron chi connectivity index (χ3n) is 4.00. The minimum Gasteiger partial charge on any atom is -0.338 e. The molecular formula is C19H14BrN3O. The van der Waals surface area contributed by atoms with Gasteiger partial charge in [0.1, 0.15) is 5.82 Å². The lowest BCUT2D eigenvalue weighted by molar-refractivity contribution is 0.0985. The van der Waals surface area contributed by atoms with Gasteiger partial charge in [-0.2, -0.15) is 0 Å². The molecule has 0 atom stereocenters. The minimum atomic E-state index is -0.0338. The Balaban J connectivity index is 1.81. The number of carbonyl (C=O) groups excluding carboxylic acids is 1. The third kappa shape index (κ3) is 2.67. The number of aromatic nitrogens is 1. The number of carbonyl (C=O) groups is 1. The van der Waals surface area contributed by atoms with Crippen molar-refractivity contribution in [3.8, 4) is 0 Å². The van der Waals surface area contributed by atoms with E-state index in [2.05, 4.69) is 26.2 Å². The maximum Gasteiger partial charge on any atom is 0.258 e. The molecule has 0 saturated heterocycles. The van der Waals surface area contributed by atoms with Gasteiger partial charge in [0.2, 0.25) is 0 Å². The average molecular weight is 380 g/mol. The van der Waals surface area contributed by atoms with Crippen LogP contribution in [0.4, 0.5) is 17.2 Å². The summed E-state index contributed by atoms with van der Waals surface area (Å²) in [6.07, 6.45) is 1.75. The van der Waals surface area contributed by atoms with Gasteiger partial charge >= 0.3 is 0 Å². The second-order valence-electron chi connectivity index (χ2n) is 5.55. The molecule has 1 aliphatic heterocycles. The Kier molecular flexibility index (Phi) is 3.78. The Labute approximate surface area is 148 Å². The highest BCUT2D eigenvalue weighted by atomic mass is 79.9. The van der Waals surface area contributed by atoms with Crippen molar-refractivity contribution in [3.63, 3.8) is 0 Å². The molecule has 0 spiro atoms. The molecule has 4 nitrogen and oxygen atoms in total. The molecule has 24 heavy (non-hydrogen) atoms. The number of benzene rings is 2. The van der Waals surface area contributed by atoms with E-state index in [1.54, 1.807) is 11.1 Å². The van der Waals surface area contributed by atoms with Crippen molar-refractivity contribution in [1.82, 2.24) is 4.98 Å². The zero-order valence-electron chi connectivity index (χ0n) is 12.7. The standard InChI is InChI=1S/C19H14BrN3O/c20-15-9-7-13(8-10-15)19(24)23-12-14-4-3-11-21-18(14)22-16-5-1-2-6-17(16)23/h1-11H,12H2,(H,21,22). The van der Waals surface area contributed by atoms with E-state index in [9.17, 15) is 4.79 Å². The summed E-state index contributed by atoms with van der Waals surface area (Å²) >= 11 is 3.41. The average Bonchev–Trinajstić information content (AvgIpc) is 2.78. The number of nitrogens with one attached hydrogen (secondary N) is 1. The molecule has 0 fully saturated rings. The zero-order chi connectivity index (χ0) is 16.5. The third-order valence-corrected chi connectivity index (χ3v) is 4.53. The van der Waals surface area contributed by atoms with Gasteiger partial charge < -0.3 is 10.2 Å². The SMILES string of the molecule is O=C(c1ccc(Br)cc1)N1Cc2cccnc2Nc2ccccc21. The van der Waals surface area contributed by atoms with E-state index < -0.39 is 0 Å². The molecule has 4 rings (SSSR count). The van der Waals surface area contributed by atoms with Gasteiger partial charge in [-0.1, -0.05) is 34.1 Å². The summed E-state index contributed by atoms with van der Waals surface area (Å²) in [5.41, 5.74) is 3.36. The first-order valence-corrected chi connectivity index (χ1v) is 8.39. The van der Waals surface area contributed by atoms with Gasteiger partial charge in [0.25, 0.3) is 5.91 Å². The van der Waals surface area contributed by atoms with Crippen LogP contribution in [0.15, 0.2) is 71.3 Å². The summed E-state index contributed by atoms with van der Waals surface area (Å²) in [7, 11) is 0. The van der Waals surface area contributed by atoms with E-state index in [0.29, 0.717) is 12.1 Å². The fourth-order valence-corrected chi connectivity index (χ4v) is 3.07. The number of hydrogen-bond acceptors (Lipinski definition) is 3. The zero-order valence-corrected chi connectivity index (χ0v) is 14.3. The van der Waals surface area contributed by atoms with Crippen LogP contribution in [-0.2, 0) is 6.54 Å². The van der Waals surface area contributed by atoms with Crippen LogP contribution in [0.5, 0.6) is 0 Å². The van der Waals surface area contributed by atoms with Crippen LogP contribution < -0.4 is 10.2 Å². The van der Waals surface area contributed by atoms with Crippen molar-refractivity contribution in [1.29, 1.82) is 0 Å². The van der Waals surface area contributed by atoms with Crippen LogP contribution >= 0.6 is 15.9 Å². The Hall–Kier alpha value is -2.66. The van der Waals surface area contributed by atoms with Crippen molar-refractivity contribution in [2.24, 2.45) is 0 Å². The van der Waals surface area contributed by atoms with E-state index in [0.717, 1.165) is 27.2 Å². The van der Waals surface area contributed by atoms with Crippen LogP contribution in [0.2, 0.25) is 0 Å². The van der Waals surface area contributed by atoms with E-state index in [1.165, 1.54) is 0 Å². The first kappa shape index (κ1) is 14.9. The Morgan fingerprint density at radius 2 is 1.83 bits per heavy atom. The van der Waals surface area contributed by atoms with Gasteiger partial charge in [0.05, 0.1) is 17.9 Å². The first-order valence-electron chi connectivity index (χ1n) is 7.60. The highest BCUT2D eigenvalue weighted by Crippen LogP contribution is 2.35. The van der Waals surface area contributed by atoms with Crippen molar-refractivity contribution < 1.29 is 4.79 Å². The van der Waals surface area contributed by atoms with Gasteiger partial charge in [-0.15, -0.1) is 0 Å². The van der Waals surface area contributed by atoms with Crippen LogP contribution in [0.1, 0.15) is 15.9 Å². The van der Waals surface area contributed by atoms with Crippen molar-refractivity contribution in [2.45, 2.75) is 6.54 Å². The molecule has 2 heterocycles. The highest BCUT2D eigenvalue weighted by molar-refractivity contribution is 9.10. The number of pyridine rings is 1. The molecule has 0 aliphatic carbocycles. The van der Waals surface area contributed by atoms with Crippen molar-refractivity contribution in [3.05, 3.63) is 82.5 Å². The van der Waals surface area contributed by atoms with E-state index in [4.69, 9.17) is 0 Å². The predicted molar refractivity (Wildman–Crippen MR) is 98.6 cm³/mol. The number of rotatable bonds is 1. The molecule has 1 amide bonds. The molecule has 0 unspecified atom stereocenters. The van der Waals surface area contributed by atoms with Gasteiger partial charge in [-0.3, -0.25) is 4.79 Å². The molecule has 0 radical (unpaired) electrons. The fraction of sp³-hybridized carbons (Fsp3) is 0.0526. The number of fused-ring (bicyclic) bond motifs is 2. The second kappa shape index (κ2) is 6.09. The summed E-state index contributed by atoms with van der Waals surface area (Å²) in [6, 6.07) is 19.1. The lowest BCUT2D eigenvalue weighted by Gasteiger charge is -2.22. The highest BCUT2D eigenvalue weighted by Gasteiger charge is 2.25. The van der Waals surface area contributed by atoms with Gasteiger partial charge in [0.15, 0.2) is 0 Å². The lowest BCUT2D eigenvalue weighted by Crippen LogP contribution is -2.30. The molecule has 1 N–H and O–H groups in total. The molecule has 3 aromatic rings. The summed E-state index contributed by atoms with van der Waals surface area (Å²) in [5.74, 6) is 0.754. The number of nitrogens with zero attached hydrogens (tertiary/aromatic N) is 2. The molecule has 0 bridgehead atoms. The minimum absolute atomic E-state index is 0.0338. The van der Waals surface area contributed by atoms with E-state index in [1.807, 2.05) is 60.7 Å². The largest absolute Gasteiger partial charge is 0.338 e. The van der Waals surface area contributed by atoms with Crippen molar-refractivity contribution >= 4 is 39.0 Å². The van der Waals surface area contributed by atoms with Crippen LogP contribution in [0.3, 0.4) is 0 Å². The molecular weight excluding hydrogens is 366 g/mol. The summed E-state index contributed by atoms with van der Waals surface area (Å²) in [6.45, 7) is 0.474. The quantitative estimate of drug-likeness (QED) is 0.663. The summed E-state index contributed by atoms with van der Waals surface area (Å²) < 4.78 is 0.950. The molecule has 1 aliphatic rings. The summed E-state index contributed by atoms with van der Waals surface area (Å²) in [5, 5.41) is 3.34. The summed E-state index contributed by atoms with van der Waals surface area (Å²) in [4.78, 5) is 19.3. The Bertz CT molecular complexity index is 908. The van der Waals surface area contributed by atoms with Crippen LogP contribution in [0, 0.1) is 0 Å². The van der Waals surface area contributed by atoms with Crippen LogP contribution in [-0.4, -0.2) is 10.9 Å². The van der Waals surface area contributed by atoms with Crippen molar-refractivity contribution in [2.75, 3.05) is 10.2 Å². The van der Waals surface area contributed by atoms with Gasteiger partial charge in [0, 0.05) is 21.8 Å². The van der Waals surface area contributed by atoms with E-state index >= 15 is 0 Å². The number of para-hydroxylation sites is 2. The molecule has 1 aromatic heterocycles. The molecule has 118 valence electrons. The maximum absolute atomic E-state index is 13.1. The first-order chi connectivity index (χ1) is 11.7. The molecule has 5 heteroatoms. The Morgan fingerprint density at radius 1 is 1.04 bits per heavy atom. The fourth-order valence-electron chi connectivity index (χ4n) is 2.81. The molecule has 2 aromatic carbocycles. The molecule has 0 saturated carbocycles. The van der Waals surface area contributed by atoms with Gasteiger partial charge in [-0.25, -0.2) is 4.98 Å². The van der Waals surface area contributed by atoms with Crippen LogP contribution in [0.25, 0.3) is 0 Å². The Morgan fingerprint density at radius 3 is 2.67 bits per heavy atom. The lowest BCUT2D eigenvalue weighted by atomic mass is 10.1. The van der Waals surface area contributed by atoms with Gasteiger partial charge in [-0.05, 0) is 42.5 Å².